The number of benzene rings is 3. The summed E-state index contributed by atoms with van der Waals surface area (Å²) in [4.78, 5) is 29.4. The van der Waals surface area contributed by atoms with Gasteiger partial charge in [-0.3, -0.25) is 13.9 Å². The molecule has 0 unspecified atom stereocenters. The molecular formula is C31H38ClN3O4S. The summed E-state index contributed by atoms with van der Waals surface area (Å²) in [5.41, 5.74) is 3.73. The van der Waals surface area contributed by atoms with Crippen LogP contribution >= 0.6 is 11.6 Å². The molecule has 0 fully saturated rings. The fourth-order valence-electron chi connectivity index (χ4n) is 4.50. The van der Waals surface area contributed by atoms with Gasteiger partial charge in [0.15, 0.2) is 0 Å². The number of hydrogen-bond acceptors (Lipinski definition) is 4. The molecule has 0 saturated carbocycles. The van der Waals surface area contributed by atoms with Crippen molar-refractivity contribution in [3.05, 3.63) is 100 Å². The van der Waals surface area contributed by atoms with Crippen LogP contribution in [0.2, 0.25) is 5.02 Å². The second-order valence-electron chi connectivity index (χ2n) is 10.2. The van der Waals surface area contributed by atoms with E-state index in [1.807, 2.05) is 75.4 Å². The summed E-state index contributed by atoms with van der Waals surface area (Å²) in [7, 11) is -3.85. The molecule has 3 rings (SSSR count). The van der Waals surface area contributed by atoms with E-state index in [0.717, 1.165) is 33.7 Å². The summed E-state index contributed by atoms with van der Waals surface area (Å²) in [6, 6.07) is 21.1. The number of nitrogens with one attached hydrogen (secondary N) is 1. The standard InChI is InChI=1S/C31H38ClN3O4S/c1-6-24(4)33-31(37)29(19-25-12-8-7-9-13-25)34(20-26-14-10-11-22(2)17-26)30(36)21-35(40(5,38)39)28-16-15-27(32)18-23(28)3/h7-18,24,29H,6,19-21H2,1-5H3,(H,33,37)/t24-,29+/m1/s1. The van der Waals surface area contributed by atoms with Crippen LogP contribution in [0.15, 0.2) is 72.8 Å². The van der Waals surface area contributed by atoms with E-state index >= 15 is 0 Å². The molecule has 0 aliphatic carbocycles. The van der Waals surface area contributed by atoms with Gasteiger partial charge in [-0.2, -0.15) is 0 Å². The molecule has 40 heavy (non-hydrogen) atoms. The summed E-state index contributed by atoms with van der Waals surface area (Å²) in [6.45, 7) is 7.27. The third-order valence-corrected chi connectivity index (χ3v) is 8.18. The minimum Gasteiger partial charge on any atom is -0.352 e. The van der Waals surface area contributed by atoms with Crippen molar-refractivity contribution < 1.29 is 18.0 Å². The molecule has 214 valence electrons. The Morgan fingerprint density at radius 2 is 1.62 bits per heavy atom. The zero-order valence-corrected chi connectivity index (χ0v) is 25.3. The molecule has 9 heteroatoms. The van der Waals surface area contributed by atoms with E-state index in [1.54, 1.807) is 25.1 Å². The van der Waals surface area contributed by atoms with E-state index in [0.29, 0.717) is 16.3 Å². The Kier molecular flexibility index (Phi) is 10.8. The molecule has 0 aliphatic rings. The van der Waals surface area contributed by atoms with E-state index in [4.69, 9.17) is 11.6 Å². The Balaban J connectivity index is 2.08. The number of anilines is 1. The molecular weight excluding hydrogens is 546 g/mol. The molecule has 1 N–H and O–H groups in total. The lowest BCUT2D eigenvalue weighted by atomic mass is 10.0. The zero-order chi connectivity index (χ0) is 29.4. The van der Waals surface area contributed by atoms with Crippen molar-refractivity contribution in [2.45, 2.75) is 59.2 Å². The van der Waals surface area contributed by atoms with Gasteiger partial charge in [-0.1, -0.05) is 78.7 Å². The quantitative estimate of drug-likeness (QED) is 0.314. The average molecular weight is 584 g/mol. The normalized spacial score (nSPS) is 12.8. The van der Waals surface area contributed by atoms with Crippen LogP contribution in [0.5, 0.6) is 0 Å². The van der Waals surface area contributed by atoms with Crippen LogP contribution < -0.4 is 9.62 Å². The molecule has 7 nitrogen and oxygen atoms in total. The van der Waals surface area contributed by atoms with Crippen LogP contribution in [0.4, 0.5) is 5.69 Å². The first kappa shape index (κ1) is 31.2. The maximum Gasteiger partial charge on any atom is 0.244 e. The van der Waals surface area contributed by atoms with Gasteiger partial charge < -0.3 is 10.2 Å². The lowest BCUT2D eigenvalue weighted by Crippen LogP contribution is -2.54. The fraction of sp³-hybridized carbons (Fsp3) is 0.355. The van der Waals surface area contributed by atoms with Crippen molar-refractivity contribution in [2.75, 3.05) is 17.1 Å². The third kappa shape index (κ3) is 8.57. The van der Waals surface area contributed by atoms with Crippen LogP contribution in [-0.4, -0.2) is 50.0 Å². The number of aryl methyl sites for hydroxylation is 2. The smallest absolute Gasteiger partial charge is 0.244 e. The van der Waals surface area contributed by atoms with Crippen LogP contribution in [0.1, 0.15) is 42.5 Å². The van der Waals surface area contributed by atoms with Crippen LogP contribution in [0.3, 0.4) is 0 Å². The first-order valence-corrected chi connectivity index (χ1v) is 15.5. The zero-order valence-electron chi connectivity index (χ0n) is 23.7. The summed E-state index contributed by atoms with van der Waals surface area (Å²) >= 11 is 6.11. The van der Waals surface area contributed by atoms with Crippen LogP contribution in [-0.2, 0) is 32.6 Å². The molecule has 0 heterocycles. The largest absolute Gasteiger partial charge is 0.352 e. The number of rotatable bonds is 12. The lowest BCUT2D eigenvalue weighted by molar-refractivity contribution is -0.140. The molecule has 0 radical (unpaired) electrons. The van der Waals surface area contributed by atoms with E-state index in [1.165, 1.54) is 4.90 Å². The lowest BCUT2D eigenvalue weighted by Gasteiger charge is -2.34. The Hall–Kier alpha value is -3.36. The molecule has 0 saturated heterocycles. The van der Waals surface area contributed by atoms with Gasteiger partial charge in [0.25, 0.3) is 0 Å². The van der Waals surface area contributed by atoms with Gasteiger partial charge in [-0.25, -0.2) is 8.42 Å². The van der Waals surface area contributed by atoms with Gasteiger partial charge in [-0.15, -0.1) is 0 Å². The highest BCUT2D eigenvalue weighted by atomic mass is 35.5. The monoisotopic (exact) mass is 583 g/mol. The number of hydrogen-bond donors (Lipinski definition) is 1. The Bertz CT molecular complexity index is 1430. The SMILES string of the molecule is CC[C@@H](C)NC(=O)[C@H](Cc1ccccc1)N(Cc1cccc(C)c1)C(=O)CN(c1ccc(Cl)cc1C)S(C)(=O)=O. The first-order valence-electron chi connectivity index (χ1n) is 13.3. The van der Waals surface area contributed by atoms with Crippen LogP contribution in [0, 0.1) is 13.8 Å². The minimum atomic E-state index is -3.85. The molecule has 2 amide bonds. The Labute approximate surface area is 243 Å². The second kappa shape index (κ2) is 13.8. The topological polar surface area (TPSA) is 86.8 Å². The van der Waals surface area contributed by atoms with Crippen molar-refractivity contribution in [3.8, 4) is 0 Å². The maximum absolute atomic E-state index is 14.1. The van der Waals surface area contributed by atoms with Crippen molar-refractivity contribution in [1.29, 1.82) is 0 Å². The van der Waals surface area contributed by atoms with Crippen LogP contribution in [0.25, 0.3) is 0 Å². The number of amides is 2. The Morgan fingerprint density at radius 1 is 0.950 bits per heavy atom. The highest BCUT2D eigenvalue weighted by Gasteiger charge is 2.33. The highest BCUT2D eigenvalue weighted by molar-refractivity contribution is 7.92. The molecule has 0 aromatic heterocycles. The van der Waals surface area contributed by atoms with Gasteiger partial charge in [0.1, 0.15) is 12.6 Å². The molecule has 2 atom stereocenters. The summed E-state index contributed by atoms with van der Waals surface area (Å²) in [6.07, 6.45) is 2.07. The van der Waals surface area contributed by atoms with E-state index in [-0.39, 0.29) is 24.9 Å². The number of nitrogens with zero attached hydrogens (tertiary/aromatic N) is 2. The second-order valence-corrected chi connectivity index (χ2v) is 12.6. The van der Waals surface area contributed by atoms with Crippen molar-refractivity contribution in [2.24, 2.45) is 0 Å². The number of sulfonamides is 1. The number of carbonyl (C=O) groups is 2. The summed E-state index contributed by atoms with van der Waals surface area (Å²) in [5.74, 6) is -0.769. The molecule has 3 aromatic carbocycles. The maximum atomic E-state index is 14.1. The summed E-state index contributed by atoms with van der Waals surface area (Å²) in [5, 5.41) is 3.50. The summed E-state index contributed by atoms with van der Waals surface area (Å²) < 4.78 is 27.0. The van der Waals surface area contributed by atoms with Gasteiger partial charge in [0.2, 0.25) is 21.8 Å². The van der Waals surface area contributed by atoms with E-state index in [2.05, 4.69) is 5.32 Å². The van der Waals surface area contributed by atoms with Gasteiger partial charge in [0, 0.05) is 24.0 Å². The molecule has 0 aliphatic heterocycles. The van der Waals surface area contributed by atoms with Crippen molar-refractivity contribution in [1.82, 2.24) is 10.2 Å². The number of carbonyl (C=O) groups excluding carboxylic acids is 2. The predicted octanol–water partition coefficient (Wildman–Crippen LogP) is 5.28. The molecule has 0 spiro atoms. The first-order chi connectivity index (χ1) is 18.9. The fourth-order valence-corrected chi connectivity index (χ4v) is 5.63. The minimum absolute atomic E-state index is 0.0917. The van der Waals surface area contributed by atoms with Crippen molar-refractivity contribution >= 4 is 39.1 Å². The van der Waals surface area contributed by atoms with E-state index < -0.39 is 28.5 Å². The average Bonchev–Trinajstić information content (AvgIpc) is 2.89. The van der Waals surface area contributed by atoms with Gasteiger partial charge >= 0.3 is 0 Å². The Morgan fingerprint density at radius 3 is 2.23 bits per heavy atom. The highest BCUT2D eigenvalue weighted by Crippen LogP contribution is 2.26. The van der Waals surface area contributed by atoms with Crippen molar-refractivity contribution in [3.63, 3.8) is 0 Å². The molecule has 3 aromatic rings. The predicted molar refractivity (Wildman–Crippen MR) is 162 cm³/mol. The van der Waals surface area contributed by atoms with Gasteiger partial charge in [0.05, 0.1) is 11.9 Å². The van der Waals surface area contributed by atoms with E-state index in [9.17, 15) is 18.0 Å². The molecule has 0 bridgehead atoms. The third-order valence-electron chi connectivity index (χ3n) is 6.81. The number of halogens is 1. The van der Waals surface area contributed by atoms with Gasteiger partial charge in [-0.05, 0) is 62.1 Å².